The Morgan fingerprint density at radius 3 is 2.50 bits per heavy atom. The number of rotatable bonds is 4. The third kappa shape index (κ3) is 2.68. The van der Waals surface area contributed by atoms with Crippen molar-refractivity contribution in [1.82, 2.24) is 4.90 Å². The molecule has 1 N–H and O–H groups in total. The van der Waals surface area contributed by atoms with Crippen LogP contribution in [-0.4, -0.2) is 36.2 Å². The molecule has 28 heavy (non-hydrogen) atoms. The molecule has 1 aliphatic heterocycles. The summed E-state index contributed by atoms with van der Waals surface area (Å²) in [7, 11) is 1.58. The van der Waals surface area contributed by atoms with Gasteiger partial charge in [-0.25, -0.2) is 0 Å². The lowest BCUT2D eigenvalue weighted by molar-refractivity contribution is 0.0691. The Kier molecular flexibility index (Phi) is 4.43. The van der Waals surface area contributed by atoms with Gasteiger partial charge in [0.05, 0.1) is 30.7 Å². The summed E-state index contributed by atoms with van der Waals surface area (Å²) >= 11 is 0. The van der Waals surface area contributed by atoms with Crippen molar-refractivity contribution in [3.63, 3.8) is 0 Å². The fraction of sp³-hybridized carbons (Fsp3) is 0.273. The molecule has 1 aliphatic rings. The number of aliphatic hydroxyl groups is 1. The van der Waals surface area contributed by atoms with Gasteiger partial charge in [0.15, 0.2) is 5.43 Å². The molecule has 1 atom stereocenters. The van der Waals surface area contributed by atoms with Gasteiger partial charge in [0.25, 0.3) is 5.91 Å². The Labute approximate surface area is 162 Å². The van der Waals surface area contributed by atoms with E-state index in [1.54, 1.807) is 25.3 Å². The highest BCUT2D eigenvalue weighted by atomic mass is 16.5. The van der Waals surface area contributed by atoms with Crippen LogP contribution in [0.2, 0.25) is 0 Å². The Morgan fingerprint density at radius 1 is 1.14 bits per heavy atom. The smallest absolute Gasteiger partial charge is 0.290 e. The van der Waals surface area contributed by atoms with Gasteiger partial charge in [-0.05, 0) is 48.7 Å². The van der Waals surface area contributed by atoms with Gasteiger partial charge >= 0.3 is 0 Å². The molecule has 1 unspecified atom stereocenters. The number of amides is 1. The molecule has 0 saturated heterocycles. The molecule has 3 aromatic rings. The number of ether oxygens (including phenoxy) is 1. The molecule has 0 fully saturated rings. The molecule has 2 aromatic carbocycles. The predicted molar refractivity (Wildman–Crippen MR) is 105 cm³/mol. The zero-order valence-corrected chi connectivity index (χ0v) is 16.0. The number of nitrogens with zero attached hydrogens (tertiary/aromatic N) is 1. The van der Waals surface area contributed by atoms with Gasteiger partial charge in [-0.3, -0.25) is 9.59 Å². The van der Waals surface area contributed by atoms with Crippen molar-refractivity contribution < 1.29 is 19.1 Å². The van der Waals surface area contributed by atoms with E-state index in [1.165, 1.54) is 4.90 Å². The van der Waals surface area contributed by atoms with Crippen molar-refractivity contribution in [3.8, 4) is 5.75 Å². The maximum atomic E-state index is 13.4. The maximum absolute atomic E-state index is 13.4. The van der Waals surface area contributed by atoms with Crippen molar-refractivity contribution in [2.75, 3.05) is 20.3 Å². The van der Waals surface area contributed by atoms with Crippen LogP contribution in [-0.2, 0) is 0 Å². The van der Waals surface area contributed by atoms with Crippen LogP contribution in [0.1, 0.15) is 38.9 Å². The van der Waals surface area contributed by atoms with Crippen LogP contribution in [0.4, 0.5) is 0 Å². The molecular weight excluding hydrogens is 358 g/mol. The van der Waals surface area contributed by atoms with Crippen LogP contribution in [0, 0.1) is 13.8 Å². The number of benzene rings is 2. The highest BCUT2D eigenvalue weighted by Crippen LogP contribution is 2.38. The van der Waals surface area contributed by atoms with E-state index in [0.29, 0.717) is 22.3 Å². The number of aryl methyl sites for hydroxylation is 2. The van der Waals surface area contributed by atoms with E-state index in [0.717, 1.165) is 16.7 Å². The number of aliphatic hydroxyl groups excluding tert-OH is 1. The van der Waals surface area contributed by atoms with E-state index in [1.807, 2.05) is 32.0 Å². The number of methoxy groups -OCH3 is 1. The van der Waals surface area contributed by atoms with Gasteiger partial charge in [0.1, 0.15) is 11.3 Å². The molecule has 0 spiro atoms. The van der Waals surface area contributed by atoms with Gasteiger partial charge in [0.2, 0.25) is 5.76 Å². The first-order chi connectivity index (χ1) is 13.5. The molecule has 0 radical (unpaired) electrons. The van der Waals surface area contributed by atoms with Crippen LogP contribution in [0.15, 0.2) is 45.6 Å². The van der Waals surface area contributed by atoms with Crippen LogP contribution >= 0.6 is 0 Å². The summed E-state index contributed by atoms with van der Waals surface area (Å²) in [5.41, 5.74) is 3.06. The minimum absolute atomic E-state index is 0.0526. The minimum atomic E-state index is -0.609. The van der Waals surface area contributed by atoms with E-state index in [-0.39, 0.29) is 30.2 Å². The Bertz CT molecular complexity index is 1130. The van der Waals surface area contributed by atoms with Gasteiger partial charge < -0.3 is 19.2 Å². The van der Waals surface area contributed by atoms with E-state index in [2.05, 4.69) is 0 Å². The molecule has 6 heteroatoms. The lowest BCUT2D eigenvalue weighted by Crippen LogP contribution is -2.32. The number of β-amino-alcohol motifs (C(OH)–C–C–N with tert-alkyl or cyclic N) is 1. The van der Waals surface area contributed by atoms with E-state index >= 15 is 0 Å². The standard InChI is InChI=1S/C22H21NO5/c1-12-10-13(2)17-16(11-12)28-21-18(20(17)25)19(23(8-9-24)22(21)26)14-4-6-15(27-3)7-5-14/h4-7,10-11,19,24H,8-9H2,1-3H3. The Hall–Kier alpha value is -3.12. The SMILES string of the molecule is COc1ccc(C2c3c(oc4cc(C)cc(C)c4c3=O)C(=O)N2CCO)cc1. The lowest BCUT2D eigenvalue weighted by atomic mass is 9.97. The summed E-state index contributed by atoms with van der Waals surface area (Å²) in [6.45, 7) is 3.68. The molecule has 1 aromatic heterocycles. The third-order valence-electron chi connectivity index (χ3n) is 5.18. The van der Waals surface area contributed by atoms with Crippen molar-refractivity contribution in [1.29, 1.82) is 0 Å². The molecular formula is C22H21NO5. The van der Waals surface area contributed by atoms with Gasteiger partial charge in [0, 0.05) is 6.54 Å². The van der Waals surface area contributed by atoms with Gasteiger partial charge in [-0.15, -0.1) is 0 Å². The van der Waals surface area contributed by atoms with E-state index < -0.39 is 6.04 Å². The van der Waals surface area contributed by atoms with Crippen LogP contribution < -0.4 is 10.2 Å². The van der Waals surface area contributed by atoms with Crippen molar-refractivity contribution in [2.45, 2.75) is 19.9 Å². The topological polar surface area (TPSA) is 80.0 Å². The average Bonchev–Trinajstić information content (AvgIpc) is 2.94. The lowest BCUT2D eigenvalue weighted by Gasteiger charge is -2.24. The third-order valence-corrected chi connectivity index (χ3v) is 5.18. The van der Waals surface area contributed by atoms with Crippen molar-refractivity contribution >= 4 is 16.9 Å². The molecule has 6 nitrogen and oxygen atoms in total. The maximum Gasteiger partial charge on any atom is 0.290 e. The first-order valence-electron chi connectivity index (χ1n) is 9.10. The first-order valence-corrected chi connectivity index (χ1v) is 9.10. The number of hydrogen-bond donors (Lipinski definition) is 1. The number of carbonyl (C=O) groups is 1. The minimum Gasteiger partial charge on any atom is -0.497 e. The predicted octanol–water partition coefficient (Wildman–Crippen LogP) is 2.96. The second-order valence-electron chi connectivity index (χ2n) is 7.03. The molecule has 0 bridgehead atoms. The largest absolute Gasteiger partial charge is 0.497 e. The second kappa shape index (κ2) is 6.80. The monoisotopic (exact) mass is 379 g/mol. The summed E-state index contributed by atoms with van der Waals surface area (Å²) in [6, 6.07) is 10.3. The second-order valence-corrected chi connectivity index (χ2v) is 7.03. The first kappa shape index (κ1) is 18.3. The Morgan fingerprint density at radius 2 is 1.86 bits per heavy atom. The summed E-state index contributed by atoms with van der Waals surface area (Å²) < 4.78 is 11.1. The zero-order chi connectivity index (χ0) is 20.0. The van der Waals surface area contributed by atoms with E-state index in [9.17, 15) is 14.7 Å². The average molecular weight is 379 g/mol. The quantitative estimate of drug-likeness (QED) is 0.754. The molecule has 0 aliphatic carbocycles. The summed E-state index contributed by atoms with van der Waals surface area (Å²) in [5, 5.41) is 9.97. The molecule has 1 amide bonds. The van der Waals surface area contributed by atoms with E-state index in [4.69, 9.17) is 9.15 Å². The van der Waals surface area contributed by atoms with Crippen LogP contribution in [0.3, 0.4) is 0 Å². The van der Waals surface area contributed by atoms with Crippen LogP contribution in [0.5, 0.6) is 5.75 Å². The van der Waals surface area contributed by atoms with Crippen molar-refractivity contribution in [2.24, 2.45) is 0 Å². The number of carbonyl (C=O) groups excluding carboxylic acids is 1. The summed E-state index contributed by atoms with van der Waals surface area (Å²) in [6.07, 6.45) is 0. The van der Waals surface area contributed by atoms with Gasteiger partial charge in [-0.1, -0.05) is 18.2 Å². The zero-order valence-electron chi connectivity index (χ0n) is 16.0. The van der Waals surface area contributed by atoms with Crippen LogP contribution in [0.25, 0.3) is 11.0 Å². The highest BCUT2D eigenvalue weighted by Gasteiger charge is 2.42. The highest BCUT2D eigenvalue weighted by molar-refractivity contribution is 5.99. The van der Waals surface area contributed by atoms with Gasteiger partial charge in [-0.2, -0.15) is 0 Å². The molecule has 4 rings (SSSR count). The fourth-order valence-electron chi connectivity index (χ4n) is 3.98. The summed E-state index contributed by atoms with van der Waals surface area (Å²) in [4.78, 5) is 27.9. The Balaban J connectivity index is 2.00. The number of fused-ring (bicyclic) bond motifs is 2. The summed E-state index contributed by atoms with van der Waals surface area (Å²) in [5.74, 6) is 0.346. The molecule has 144 valence electrons. The molecule has 0 saturated carbocycles. The molecule has 2 heterocycles. The normalized spacial score (nSPS) is 15.9. The van der Waals surface area contributed by atoms with Crippen molar-refractivity contribution in [3.05, 3.63) is 74.6 Å². The fourth-order valence-corrected chi connectivity index (χ4v) is 3.98. The number of hydrogen-bond acceptors (Lipinski definition) is 5.